The first-order chi connectivity index (χ1) is 9.20. The zero-order chi connectivity index (χ0) is 13.7. The molecular weight excluding hydrogens is 236 g/mol. The van der Waals surface area contributed by atoms with Gasteiger partial charge in [-0.3, -0.25) is 4.79 Å². The summed E-state index contributed by atoms with van der Waals surface area (Å²) in [5.74, 6) is -0.206. The highest BCUT2D eigenvalue weighted by Crippen LogP contribution is 2.22. The summed E-state index contributed by atoms with van der Waals surface area (Å²) in [6.07, 6.45) is 3.70. The van der Waals surface area contributed by atoms with E-state index >= 15 is 0 Å². The van der Waals surface area contributed by atoms with Crippen molar-refractivity contribution >= 4 is 5.91 Å². The van der Waals surface area contributed by atoms with Crippen LogP contribution in [0.4, 0.5) is 0 Å². The van der Waals surface area contributed by atoms with Crippen LogP contribution in [0.1, 0.15) is 42.7 Å². The summed E-state index contributed by atoms with van der Waals surface area (Å²) >= 11 is 0. The third-order valence-corrected chi connectivity index (χ3v) is 3.69. The van der Waals surface area contributed by atoms with Gasteiger partial charge in [0.2, 0.25) is 5.91 Å². The van der Waals surface area contributed by atoms with Crippen LogP contribution in [-0.4, -0.2) is 23.9 Å². The van der Waals surface area contributed by atoms with Crippen molar-refractivity contribution in [3.8, 4) is 6.07 Å². The van der Waals surface area contributed by atoms with Crippen molar-refractivity contribution in [1.82, 2.24) is 4.90 Å². The second kappa shape index (κ2) is 6.38. The fourth-order valence-corrected chi connectivity index (χ4v) is 2.57. The van der Waals surface area contributed by atoms with E-state index in [4.69, 9.17) is 0 Å². The Balaban J connectivity index is 2.03. The Hall–Kier alpha value is -1.82. The molecule has 0 aromatic heterocycles. The minimum absolute atomic E-state index is 0.118. The lowest BCUT2D eigenvalue weighted by molar-refractivity contribution is -0.132. The lowest BCUT2D eigenvalue weighted by Gasteiger charge is -2.27. The molecule has 1 aromatic carbocycles. The molecule has 1 amide bonds. The first kappa shape index (κ1) is 13.6. The van der Waals surface area contributed by atoms with E-state index in [1.54, 1.807) is 0 Å². The number of carbonyl (C=O) groups is 1. The van der Waals surface area contributed by atoms with E-state index in [9.17, 15) is 10.1 Å². The van der Waals surface area contributed by atoms with Gasteiger partial charge in [-0.2, -0.15) is 5.26 Å². The predicted molar refractivity (Wildman–Crippen MR) is 74.6 cm³/mol. The predicted octanol–water partition coefficient (Wildman–Crippen LogP) is 3.00. The molecule has 0 saturated carbocycles. The number of nitrogens with zero attached hydrogens (tertiary/aromatic N) is 2. The molecule has 1 aliphatic heterocycles. The Morgan fingerprint density at radius 3 is 2.74 bits per heavy atom. The maximum atomic E-state index is 12.2. The lowest BCUT2D eigenvalue weighted by atomic mass is 9.95. The van der Waals surface area contributed by atoms with E-state index in [0.29, 0.717) is 6.42 Å². The average molecular weight is 256 g/mol. The van der Waals surface area contributed by atoms with Gasteiger partial charge in [0, 0.05) is 19.5 Å². The first-order valence-electron chi connectivity index (χ1n) is 6.94. The molecule has 3 nitrogen and oxygen atoms in total. The molecule has 1 fully saturated rings. The zero-order valence-electron chi connectivity index (χ0n) is 11.4. The number of aryl methyl sites for hydroxylation is 1. The Bertz CT molecular complexity index is 484. The molecule has 0 spiro atoms. The Labute approximate surface area is 114 Å². The maximum absolute atomic E-state index is 12.2. The van der Waals surface area contributed by atoms with Crippen molar-refractivity contribution in [3.05, 3.63) is 35.4 Å². The van der Waals surface area contributed by atoms with Crippen LogP contribution in [0, 0.1) is 18.3 Å². The van der Waals surface area contributed by atoms with Crippen LogP contribution < -0.4 is 0 Å². The van der Waals surface area contributed by atoms with Crippen molar-refractivity contribution in [2.24, 2.45) is 0 Å². The molecule has 0 N–H and O–H groups in total. The fraction of sp³-hybridized carbons (Fsp3) is 0.500. The third-order valence-electron chi connectivity index (χ3n) is 3.69. The minimum atomic E-state index is -0.325. The van der Waals surface area contributed by atoms with Gasteiger partial charge in [0.1, 0.15) is 0 Å². The van der Waals surface area contributed by atoms with Gasteiger partial charge in [0.25, 0.3) is 0 Å². The molecule has 19 heavy (non-hydrogen) atoms. The summed E-state index contributed by atoms with van der Waals surface area (Å²) in [6.45, 7) is 3.71. The number of hydrogen-bond donors (Lipinski definition) is 0. The van der Waals surface area contributed by atoms with Crippen molar-refractivity contribution in [3.63, 3.8) is 0 Å². The molecule has 0 bridgehead atoms. The topological polar surface area (TPSA) is 44.1 Å². The largest absolute Gasteiger partial charge is 0.343 e. The molecule has 3 heteroatoms. The second-order valence-electron chi connectivity index (χ2n) is 5.24. The van der Waals surface area contributed by atoms with E-state index in [2.05, 4.69) is 6.07 Å². The SMILES string of the molecule is Cc1cccc(C(C#N)CC(=O)N2CCCCC2)c1. The van der Waals surface area contributed by atoms with Gasteiger partial charge in [0.15, 0.2) is 0 Å². The van der Waals surface area contributed by atoms with E-state index < -0.39 is 0 Å². The van der Waals surface area contributed by atoms with Gasteiger partial charge >= 0.3 is 0 Å². The molecule has 1 aromatic rings. The summed E-state index contributed by atoms with van der Waals surface area (Å²) < 4.78 is 0. The standard InChI is InChI=1S/C16H20N2O/c1-13-6-5-7-14(10-13)15(12-17)11-16(19)18-8-3-2-4-9-18/h5-7,10,15H,2-4,8-9,11H2,1H3. The van der Waals surface area contributed by atoms with E-state index in [0.717, 1.165) is 37.1 Å². The number of benzene rings is 1. The number of likely N-dealkylation sites (tertiary alicyclic amines) is 1. The highest BCUT2D eigenvalue weighted by atomic mass is 16.2. The second-order valence-corrected chi connectivity index (χ2v) is 5.24. The summed E-state index contributed by atoms with van der Waals surface area (Å²) in [4.78, 5) is 14.1. The summed E-state index contributed by atoms with van der Waals surface area (Å²) in [7, 11) is 0. The number of rotatable bonds is 3. The molecule has 0 aliphatic carbocycles. The molecule has 2 rings (SSSR count). The third kappa shape index (κ3) is 3.57. The van der Waals surface area contributed by atoms with Gasteiger partial charge in [-0.05, 0) is 31.7 Å². The molecule has 1 saturated heterocycles. The summed E-state index contributed by atoms with van der Waals surface area (Å²) in [5, 5.41) is 9.30. The summed E-state index contributed by atoms with van der Waals surface area (Å²) in [5.41, 5.74) is 2.08. The smallest absolute Gasteiger partial charge is 0.224 e. The Morgan fingerprint density at radius 1 is 1.37 bits per heavy atom. The van der Waals surface area contributed by atoms with Crippen LogP contribution in [0.2, 0.25) is 0 Å². The molecular formula is C16H20N2O. The normalized spacial score (nSPS) is 16.7. The Morgan fingerprint density at radius 2 is 2.11 bits per heavy atom. The molecule has 1 atom stereocenters. The maximum Gasteiger partial charge on any atom is 0.224 e. The number of amides is 1. The quantitative estimate of drug-likeness (QED) is 0.834. The molecule has 100 valence electrons. The lowest BCUT2D eigenvalue weighted by Crippen LogP contribution is -2.36. The van der Waals surface area contributed by atoms with E-state index in [1.807, 2.05) is 36.1 Å². The van der Waals surface area contributed by atoms with Crippen LogP contribution in [0.3, 0.4) is 0 Å². The Kier molecular flexibility index (Phi) is 4.57. The number of hydrogen-bond acceptors (Lipinski definition) is 2. The van der Waals surface area contributed by atoms with Crippen LogP contribution in [0.25, 0.3) is 0 Å². The van der Waals surface area contributed by atoms with Crippen LogP contribution in [0.15, 0.2) is 24.3 Å². The monoisotopic (exact) mass is 256 g/mol. The summed E-state index contributed by atoms with van der Waals surface area (Å²) in [6, 6.07) is 10.1. The van der Waals surface area contributed by atoms with Gasteiger partial charge < -0.3 is 4.90 Å². The van der Waals surface area contributed by atoms with Crippen LogP contribution in [0.5, 0.6) is 0 Å². The average Bonchev–Trinajstić information content (AvgIpc) is 2.45. The number of carbonyl (C=O) groups excluding carboxylic acids is 1. The van der Waals surface area contributed by atoms with Gasteiger partial charge in [-0.15, -0.1) is 0 Å². The van der Waals surface area contributed by atoms with Crippen LogP contribution in [-0.2, 0) is 4.79 Å². The van der Waals surface area contributed by atoms with Crippen molar-refractivity contribution in [2.45, 2.75) is 38.5 Å². The van der Waals surface area contributed by atoms with E-state index in [1.165, 1.54) is 6.42 Å². The minimum Gasteiger partial charge on any atom is -0.343 e. The first-order valence-corrected chi connectivity index (χ1v) is 6.94. The zero-order valence-corrected chi connectivity index (χ0v) is 11.4. The number of piperidine rings is 1. The van der Waals surface area contributed by atoms with Gasteiger partial charge in [-0.1, -0.05) is 29.8 Å². The van der Waals surface area contributed by atoms with E-state index in [-0.39, 0.29) is 11.8 Å². The number of nitriles is 1. The molecule has 1 unspecified atom stereocenters. The van der Waals surface area contributed by atoms with Crippen molar-refractivity contribution in [1.29, 1.82) is 5.26 Å². The van der Waals surface area contributed by atoms with Gasteiger partial charge in [0.05, 0.1) is 12.0 Å². The molecule has 1 aliphatic rings. The van der Waals surface area contributed by atoms with Crippen molar-refractivity contribution in [2.75, 3.05) is 13.1 Å². The highest BCUT2D eigenvalue weighted by Gasteiger charge is 2.21. The van der Waals surface area contributed by atoms with Crippen LogP contribution >= 0.6 is 0 Å². The molecule has 0 radical (unpaired) electrons. The van der Waals surface area contributed by atoms with Crippen molar-refractivity contribution < 1.29 is 4.79 Å². The molecule has 1 heterocycles. The van der Waals surface area contributed by atoms with Gasteiger partial charge in [-0.25, -0.2) is 0 Å². The fourth-order valence-electron chi connectivity index (χ4n) is 2.57. The highest BCUT2D eigenvalue weighted by molar-refractivity contribution is 5.77.